The van der Waals surface area contributed by atoms with Crippen LogP contribution in [0.2, 0.25) is 0 Å². The number of hydrogen-bond acceptors (Lipinski definition) is 3. The van der Waals surface area contributed by atoms with E-state index < -0.39 is 23.5 Å². The molecule has 0 spiro atoms. The van der Waals surface area contributed by atoms with Crippen LogP contribution >= 0.6 is 0 Å². The quantitative estimate of drug-likeness (QED) is 0.866. The number of carbonyl (C=O) groups excluding carboxylic acids is 1. The summed E-state index contributed by atoms with van der Waals surface area (Å²) in [5.74, 6) is -4.29. The smallest absolute Gasteiger partial charge is 0.322 e. The SMILES string of the molecule is O=C(Nc1ccc(F)c(F)c1F)N1CCN(Cc2ccccn2)CC1. The van der Waals surface area contributed by atoms with Gasteiger partial charge in [-0.15, -0.1) is 0 Å². The number of urea groups is 1. The average molecular weight is 350 g/mol. The molecule has 1 fully saturated rings. The van der Waals surface area contributed by atoms with Crippen LogP contribution in [0.3, 0.4) is 0 Å². The van der Waals surface area contributed by atoms with E-state index in [2.05, 4.69) is 15.2 Å². The first-order valence-electron chi connectivity index (χ1n) is 7.86. The fraction of sp³-hybridized carbons (Fsp3) is 0.294. The Morgan fingerprint density at radius 2 is 1.80 bits per heavy atom. The number of nitrogens with zero attached hydrogens (tertiary/aromatic N) is 3. The highest BCUT2D eigenvalue weighted by molar-refractivity contribution is 5.89. The van der Waals surface area contributed by atoms with Crippen LogP contribution in [-0.4, -0.2) is 47.0 Å². The minimum absolute atomic E-state index is 0.375. The zero-order valence-corrected chi connectivity index (χ0v) is 13.4. The molecule has 1 saturated heterocycles. The summed E-state index contributed by atoms with van der Waals surface area (Å²) in [7, 11) is 0. The van der Waals surface area contributed by atoms with Crippen LogP contribution in [0, 0.1) is 17.5 Å². The third kappa shape index (κ3) is 4.08. The summed E-state index contributed by atoms with van der Waals surface area (Å²) < 4.78 is 39.8. The summed E-state index contributed by atoms with van der Waals surface area (Å²) in [6.07, 6.45) is 1.73. The standard InChI is InChI=1S/C17H17F3N4O/c18-13-4-5-14(16(20)15(13)19)22-17(25)24-9-7-23(8-10-24)11-12-3-1-2-6-21-12/h1-6H,7-11H2,(H,22,25). The summed E-state index contributed by atoms with van der Waals surface area (Å²) in [4.78, 5) is 20.1. The molecule has 0 radical (unpaired) electrons. The first-order valence-corrected chi connectivity index (χ1v) is 7.86. The van der Waals surface area contributed by atoms with E-state index in [0.717, 1.165) is 17.8 Å². The van der Waals surface area contributed by atoms with Crippen LogP contribution in [0.1, 0.15) is 5.69 Å². The Hall–Kier alpha value is -2.61. The fourth-order valence-corrected chi connectivity index (χ4v) is 2.65. The van der Waals surface area contributed by atoms with E-state index in [0.29, 0.717) is 32.7 Å². The van der Waals surface area contributed by atoms with Gasteiger partial charge >= 0.3 is 6.03 Å². The molecule has 1 aromatic heterocycles. The third-order valence-electron chi connectivity index (χ3n) is 4.05. The summed E-state index contributed by atoms with van der Waals surface area (Å²) in [6.45, 7) is 2.87. The first-order chi connectivity index (χ1) is 12.0. The first kappa shape index (κ1) is 17.2. The second-order valence-electron chi connectivity index (χ2n) is 5.74. The maximum absolute atomic E-state index is 13.6. The molecule has 2 amide bonds. The molecular formula is C17H17F3N4O. The van der Waals surface area contributed by atoms with E-state index in [-0.39, 0.29) is 5.69 Å². The molecule has 1 N–H and O–H groups in total. The van der Waals surface area contributed by atoms with Gasteiger partial charge in [0.1, 0.15) is 0 Å². The molecule has 0 saturated carbocycles. The molecule has 25 heavy (non-hydrogen) atoms. The summed E-state index contributed by atoms with van der Waals surface area (Å²) in [6, 6.07) is 6.95. The summed E-state index contributed by atoms with van der Waals surface area (Å²) in [5.41, 5.74) is 0.573. The molecule has 1 aromatic carbocycles. The van der Waals surface area contributed by atoms with Crippen molar-refractivity contribution in [2.24, 2.45) is 0 Å². The molecule has 2 heterocycles. The van der Waals surface area contributed by atoms with Gasteiger partial charge in [0.05, 0.1) is 11.4 Å². The van der Waals surface area contributed by atoms with Gasteiger partial charge in [-0.3, -0.25) is 9.88 Å². The van der Waals surface area contributed by atoms with E-state index in [1.54, 1.807) is 6.20 Å². The maximum atomic E-state index is 13.6. The number of amides is 2. The lowest BCUT2D eigenvalue weighted by Gasteiger charge is -2.34. The largest absolute Gasteiger partial charge is 0.322 e. The highest BCUT2D eigenvalue weighted by Gasteiger charge is 2.23. The molecule has 0 unspecified atom stereocenters. The number of rotatable bonds is 3. The maximum Gasteiger partial charge on any atom is 0.322 e. The van der Waals surface area contributed by atoms with Gasteiger partial charge in [0, 0.05) is 38.9 Å². The predicted octanol–water partition coefficient (Wildman–Crippen LogP) is 2.85. The van der Waals surface area contributed by atoms with Crippen LogP contribution in [0.25, 0.3) is 0 Å². The van der Waals surface area contributed by atoms with Crippen LogP contribution in [0.15, 0.2) is 36.5 Å². The van der Waals surface area contributed by atoms with Gasteiger partial charge < -0.3 is 10.2 Å². The molecule has 0 atom stereocenters. The van der Waals surface area contributed by atoms with Crippen molar-refractivity contribution < 1.29 is 18.0 Å². The molecule has 0 bridgehead atoms. The van der Waals surface area contributed by atoms with E-state index in [4.69, 9.17) is 0 Å². The lowest BCUT2D eigenvalue weighted by Crippen LogP contribution is -2.49. The van der Waals surface area contributed by atoms with Crippen molar-refractivity contribution in [3.05, 3.63) is 59.7 Å². The Kier molecular flexibility index (Phi) is 5.18. The van der Waals surface area contributed by atoms with Gasteiger partial charge in [0.15, 0.2) is 17.5 Å². The van der Waals surface area contributed by atoms with Gasteiger partial charge in [0.2, 0.25) is 0 Å². The van der Waals surface area contributed by atoms with E-state index >= 15 is 0 Å². The van der Waals surface area contributed by atoms with Crippen LogP contribution < -0.4 is 5.32 Å². The van der Waals surface area contributed by atoms with Crippen molar-refractivity contribution in [3.63, 3.8) is 0 Å². The average Bonchev–Trinajstić information content (AvgIpc) is 2.63. The molecule has 1 aliphatic heterocycles. The summed E-state index contributed by atoms with van der Waals surface area (Å²) in [5, 5.41) is 2.29. The van der Waals surface area contributed by atoms with Crippen molar-refractivity contribution in [2.75, 3.05) is 31.5 Å². The van der Waals surface area contributed by atoms with Crippen molar-refractivity contribution in [1.29, 1.82) is 0 Å². The highest BCUT2D eigenvalue weighted by atomic mass is 19.2. The van der Waals surface area contributed by atoms with Gasteiger partial charge in [-0.05, 0) is 24.3 Å². The number of hydrogen-bond donors (Lipinski definition) is 1. The fourth-order valence-electron chi connectivity index (χ4n) is 2.65. The number of aromatic nitrogens is 1. The Bertz CT molecular complexity index is 749. The minimum Gasteiger partial charge on any atom is -0.322 e. The third-order valence-corrected chi connectivity index (χ3v) is 4.05. The predicted molar refractivity (Wildman–Crippen MR) is 86.4 cm³/mol. The molecule has 1 aliphatic rings. The number of pyridine rings is 1. The normalized spacial score (nSPS) is 15.2. The van der Waals surface area contributed by atoms with E-state index in [1.807, 2.05) is 18.2 Å². The molecular weight excluding hydrogens is 333 g/mol. The molecule has 5 nitrogen and oxygen atoms in total. The zero-order chi connectivity index (χ0) is 17.8. The van der Waals surface area contributed by atoms with Crippen LogP contribution in [0.4, 0.5) is 23.7 Å². The summed E-state index contributed by atoms with van der Waals surface area (Å²) >= 11 is 0. The Morgan fingerprint density at radius 1 is 1.04 bits per heavy atom. The monoisotopic (exact) mass is 350 g/mol. The van der Waals surface area contributed by atoms with E-state index in [9.17, 15) is 18.0 Å². The van der Waals surface area contributed by atoms with Crippen molar-refractivity contribution in [2.45, 2.75) is 6.54 Å². The number of anilines is 1. The second kappa shape index (κ2) is 7.52. The topological polar surface area (TPSA) is 48.5 Å². The molecule has 0 aliphatic carbocycles. The van der Waals surface area contributed by atoms with Crippen molar-refractivity contribution in [1.82, 2.24) is 14.8 Å². The van der Waals surface area contributed by atoms with Gasteiger partial charge in [0.25, 0.3) is 0 Å². The molecule has 3 rings (SSSR count). The Balaban J connectivity index is 1.54. The lowest BCUT2D eigenvalue weighted by molar-refractivity contribution is 0.142. The minimum atomic E-state index is -1.60. The molecule has 2 aromatic rings. The molecule has 132 valence electrons. The van der Waals surface area contributed by atoms with Gasteiger partial charge in [-0.1, -0.05) is 6.07 Å². The number of benzene rings is 1. The van der Waals surface area contributed by atoms with Crippen LogP contribution in [0.5, 0.6) is 0 Å². The second-order valence-corrected chi connectivity index (χ2v) is 5.74. The number of carbonyl (C=O) groups is 1. The van der Waals surface area contributed by atoms with Crippen molar-refractivity contribution >= 4 is 11.7 Å². The zero-order valence-electron chi connectivity index (χ0n) is 13.4. The van der Waals surface area contributed by atoms with Crippen LogP contribution in [-0.2, 0) is 6.54 Å². The number of piperazine rings is 1. The van der Waals surface area contributed by atoms with E-state index in [1.165, 1.54) is 4.90 Å². The number of nitrogens with one attached hydrogen (secondary N) is 1. The van der Waals surface area contributed by atoms with Crippen molar-refractivity contribution in [3.8, 4) is 0 Å². The molecule has 8 heteroatoms. The van der Waals surface area contributed by atoms with Gasteiger partial charge in [-0.2, -0.15) is 0 Å². The Morgan fingerprint density at radius 3 is 2.48 bits per heavy atom. The Labute approximate surface area is 143 Å². The number of halogens is 3. The highest BCUT2D eigenvalue weighted by Crippen LogP contribution is 2.20. The lowest BCUT2D eigenvalue weighted by atomic mass is 10.2. The van der Waals surface area contributed by atoms with Gasteiger partial charge in [-0.25, -0.2) is 18.0 Å².